The van der Waals surface area contributed by atoms with E-state index in [0.717, 1.165) is 43.4 Å². The molecule has 156 valence electrons. The summed E-state index contributed by atoms with van der Waals surface area (Å²) >= 11 is 1.61. The topological polar surface area (TPSA) is 72.7 Å². The number of anilines is 1. The standard InChI is InChI=1S/C25H19N5OS/c1-17-27-22-11-10-20(14-23(22)32-17)28-24(31)12-9-19-16-30(21-7-3-2-4-8-21)29-25(19)18-6-5-13-26-15-18/h2-16H,1H3,(H,28,31). The summed E-state index contributed by atoms with van der Waals surface area (Å²) in [5, 5.41) is 8.66. The molecule has 2 aromatic carbocycles. The summed E-state index contributed by atoms with van der Waals surface area (Å²) < 4.78 is 2.85. The van der Waals surface area contributed by atoms with Crippen LogP contribution in [0.1, 0.15) is 10.6 Å². The van der Waals surface area contributed by atoms with E-state index in [2.05, 4.69) is 15.3 Å². The van der Waals surface area contributed by atoms with Crippen LogP contribution in [0.25, 0.3) is 33.2 Å². The third-order valence-corrected chi connectivity index (χ3v) is 5.81. The zero-order valence-electron chi connectivity index (χ0n) is 17.3. The summed E-state index contributed by atoms with van der Waals surface area (Å²) in [6.45, 7) is 1.97. The maximum Gasteiger partial charge on any atom is 0.248 e. The Kier molecular flexibility index (Phi) is 5.31. The van der Waals surface area contributed by atoms with Crippen LogP contribution in [0.4, 0.5) is 5.69 Å². The first-order chi connectivity index (χ1) is 15.7. The maximum absolute atomic E-state index is 12.6. The third-order valence-electron chi connectivity index (χ3n) is 4.88. The highest BCUT2D eigenvalue weighted by Crippen LogP contribution is 2.26. The lowest BCUT2D eigenvalue weighted by molar-refractivity contribution is -0.111. The number of nitrogens with zero attached hydrogens (tertiary/aromatic N) is 4. The molecule has 1 N–H and O–H groups in total. The molecule has 0 aliphatic carbocycles. The molecule has 32 heavy (non-hydrogen) atoms. The molecule has 3 aromatic heterocycles. The van der Waals surface area contributed by atoms with Gasteiger partial charge in [-0.25, -0.2) is 9.67 Å². The number of nitrogens with one attached hydrogen (secondary N) is 1. The van der Waals surface area contributed by atoms with Crippen molar-refractivity contribution in [3.8, 4) is 16.9 Å². The van der Waals surface area contributed by atoms with Crippen LogP contribution in [-0.2, 0) is 4.79 Å². The molecular formula is C25H19N5OS. The van der Waals surface area contributed by atoms with Crippen LogP contribution >= 0.6 is 11.3 Å². The Bertz CT molecular complexity index is 1420. The average molecular weight is 438 g/mol. The highest BCUT2D eigenvalue weighted by atomic mass is 32.1. The van der Waals surface area contributed by atoms with E-state index in [1.54, 1.807) is 34.5 Å². The predicted octanol–water partition coefficient (Wildman–Crippen LogP) is 5.50. The van der Waals surface area contributed by atoms with E-state index in [-0.39, 0.29) is 5.91 Å². The van der Waals surface area contributed by atoms with E-state index in [1.165, 1.54) is 6.08 Å². The molecule has 6 nitrogen and oxygen atoms in total. The lowest BCUT2D eigenvalue weighted by Crippen LogP contribution is -2.07. The van der Waals surface area contributed by atoms with Crippen molar-refractivity contribution in [2.75, 3.05) is 5.32 Å². The summed E-state index contributed by atoms with van der Waals surface area (Å²) in [6, 6.07) is 19.4. The summed E-state index contributed by atoms with van der Waals surface area (Å²) in [5.41, 5.74) is 5.08. The largest absolute Gasteiger partial charge is 0.322 e. The van der Waals surface area contributed by atoms with E-state index in [9.17, 15) is 4.79 Å². The first-order valence-electron chi connectivity index (χ1n) is 10.1. The molecule has 5 rings (SSSR count). The molecule has 0 saturated carbocycles. The van der Waals surface area contributed by atoms with Crippen LogP contribution in [0, 0.1) is 6.92 Å². The van der Waals surface area contributed by atoms with Gasteiger partial charge in [-0.15, -0.1) is 11.3 Å². The Hall–Kier alpha value is -4.10. The normalized spacial score (nSPS) is 11.3. The first kappa shape index (κ1) is 19.8. The third kappa shape index (κ3) is 4.19. The molecule has 7 heteroatoms. The van der Waals surface area contributed by atoms with Crippen molar-refractivity contribution in [2.45, 2.75) is 6.92 Å². The number of rotatable bonds is 5. The van der Waals surface area contributed by atoms with Crippen molar-refractivity contribution < 1.29 is 4.79 Å². The van der Waals surface area contributed by atoms with Gasteiger partial charge in [-0.1, -0.05) is 18.2 Å². The molecule has 1 amide bonds. The molecule has 0 unspecified atom stereocenters. The number of para-hydroxylation sites is 1. The second-order valence-electron chi connectivity index (χ2n) is 7.19. The quantitative estimate of drug-likeness (QED) is 0.368. The molecule has 0 spiro atoms. The lowest BCUT2D eigenvalue weighted by Gasteiger charge is -2.02. The number of amides is 1. The Balaban J connectivity index is 1.42. The SMILES string of the molecule is Cc1nc2ccc(NC(=O)C=Cc3cn(-c4ccccc4)nc3-c3cccnc3)cc2s1. The van der Waals surface area contributed by atoms with Gasteiger partial charge >= 0.3 is 0 Å². The van der Waals surface area contributed by atoms with Crippen LogP contribution in [-0.4, -0.2) is 25.7 Å². The van der Waals surface area contributed by atoms with Crippen LogP contribution in [0.3, 0.4) is 0 Å². The van der Waals surface area contributed by atoms with Crippen LogP contribution in [0.5, 0.6) is 0 Å². The molecule has 0 atom stereocenters. The van der Waals surface area contributed by atoms with Gasteiger partial charge in [0.1, 0.15) is 5.69 Å². The van der Waals surface area contributed by atoms with E-state index in [1.807, 2.05) is 73.8 Å². The monoisotopic (exact) mass is 437 g/mol. The zero-order chi connectivity index (χ0) is 21.9. The Labute approximate surface area is 188 Å². The fraction of sp³-hybridized carbons (Fsp3) is 0.0400. The Morgan fingerprint density at radius 1 is 1.09 bits per heavy atom. The van der Waals surface area contributed by atoms with Gasteiger partial charge in [0, 0.05) is 41.5 Å². The number of pyridine rings is 1. The van der Waals surface area contributed by atoms with Crippen LogP contribution < -0.4 is 5.32 Å². The second-order valence-corrected chi connectivity index (χ2v) is 8.43. The average Bonchev–Trinajstić information content (AvgIpc) is 3.41. The minimum absolute atomic E-state index is 0.213. The minimum Gasteiger partial charge on any atom is -0.322 e. The number of aromatic nitrogens is 4. The van der Waals surface area contributed by atoms with Gasteiger partial charge in [-0.05, 0) is 55.5 Å². The van der Waals surface area contributed by atoms with Gasteiger partial charge in [0.2, 0.25) is 5.91 Å². The Morgan fingerprint density at radius 2 is 1.97 bits per heavy atom. The van der Waals surface area contributed by atoms with Crippen LogP contribution in [0.2, 0.25) is 0 Å². The molecular weight excluding hydrogens is 418 g/mol. The molecule has 5 aromatic rings. The van der Waals surface area contributed by atoms with Crippen molar-refractivity contribution in [3.05, 3.63) is 95.9 Å². The molecule has 0 aliphatic rings. The fourth-order valence-corrected chi connectivity index (χ4v) is 4.28. The molecule has 0 aliphatic heterocycles. The summed E-state index contributed by atoms with van der Waals surface area (Å²) in [5.74, 6) is -0.213. The van der Waals surface area contributed by atoms with E-state index < -0.39 is 0 Å². The second kappa shape index (κ2) is 8.56. The highest BCUT2D eigenvalue weighted by molar-refractivity contribution is 7.18. The number of carbonyl (C=O) groups is 1. The van der Waals surface area contributed by atoms with Crippen molar-refractivity contribution in [1.82, 2.24) is 19.7 Å². The molecule has 0 bridgehead atoms. The molecule has 0 saturated heterocycles. The first-order valence-corrected chi connectivity index (χ1v) is 10.9. The van der Waals surface area contributed by atoms with E-state index in [0.29, 0.717) is 0 Å². The van der Waals surface area contributed by atoms with Gasteiger partial charge in [0.25, 0.3) is 0 Å². The number of hydrogen-bond donors (Lipinski definition) is 1. The van der Waals surface area contributed by atoms with Crippen molar-refractivity contribution in [3.63, 3.8) is 0 Å². The van der Waals surface area contributed by atoms with Gasteiger partial charge in [0.05, 0.1) is 20.9 Å². The van der Waals surface area contributed by atoms with Crippen molar-refractivity contribution in [1.29, 1.82) is 0 Å². The fourth-order valence-electron chi connectivity index (χ4n) is 3.42. The van der Waals surface area contributed by atoms with Crippen molar-refractivity contribution >= 4 is 39.2 Å². The number of fused-ring (bicyclic) bond motifs is 1. The molecule has 0 fully saturated rings. The number of hydrogen-bond acceptors (Lipinski definition) is 5. The summed E-state index contributed by atoms with van der Waals surface area (Å²) in [7, 11) is 0. The Morgan fingerprint density at radius 3 is 2.78 bits per heavy atom. The van der Waals surface area contributed by atoms with Crippen LogP contribution in [0.15, 0.2) is 85.3 Å². The summed E-state index contributed by atoms with van der Waals surface area (Å²) in [4.78, 5) is 21.3. The number of carbonyl (C=O) groups excluding carboxylic acids is 1. The minimum atomic E-state index is -0.213. The number of aryl methyl sites for hydroxylation is 1. The van der Waals surface area contributed by atoms with Gasteiger partial charge < -0.3 is 5.32 Å². The van der Waals surface area contributed by atoms with Crippen molar-refractivity contribution in [2.24, 2.45) is 0 Å². The zero-order valence-corrected chi connectivity index (χ0v) is 18.1. The number of benzene rings is 2. The smallest absolute Gasteiger partial charge is 0.248 e. The van der Waals surface area contributed by atoms with Gasteiger partial charge in [-0.2, -0.15) is 5.10 Å². The van der Waals surface area contributed by atoms with E-state index in [4.69, 9.17) is 5.10 Å². The van der Waals surface area contributed by atoms with E-state index >= 15 is 0 Å². The summed E-state index contributed by atoms with van der Waals surface area (Å²) in [6.07, 6.45) is 8.70. The number of thiazole rings is 1. The maximum atomic E-state index is 12.6. The lowest BCUT2D eigenvalue weighted by atomic mass is 10.1. The van der Waals surface area contributed by atoms with Gasteiger partial charge in [0.15, 0.2) is 0 Å². The molecule has 3 heterocycles. The predicted molar refractivity (Wildman–Crippen MR) is 129 cm³/mol. The van der Waals surface area contributed by atoms with Gasteiger partial charge in [-0.3, -0.25) is 9.78 Å². The molecule has 0 radical (unpaired) electrons. The highest BCUT2D eigenvalue weighted by Gasteiger charge is 2.11.